The van der Waals surface area contributed by atoms with Crippen LogP contribution in [-0.2, 0) is 16.5 Å². The minimum absolute atomic E-state index is 0.0433. The largest absolute Gasteiger partial charge is 0.508 e. The van der Waals surface area contributed by atoms with Crippen LogP contribution in [-0.4, -0.2) is 39.5 Å². The fraction of sp³-hybridized carbons (Fsp3) is 0.0690. The number of aromatic hydroxyl groups is 1. The molecule has 0 amide bonds. The van der Waals surface area contributed by atoms with E-state index in [-0.39, 0.29) is 46.1 Å². The predicted molar refractivity (Wildman–Crippen MR) is 156 cm³/mol. The number of rotatable bonds is 7. The topological polar surface area (TPSA) is 208 Å². The third kappa shape index (κ3) is 6.01. The Hall–Kier alpha value is -5.40. The lowest BCUT2D eigenvalue weighted by molar-refractivity contribution is 0.0693. The van der Waals surface area contributed by atoms with E-state index in [1.54, 1.807) is 30.3 Å². The van der Waals surface area contributed by atoms with Gasteiger partial charge in [0.1, 0.15) is 28.0 Å². The molecule has 12 nitrogen and oxygen atoms in total. The van der Waals surface area contributed by atoms with Crippen molar-refractivity contribution in [3.05, 3.63) is 102 Å². The zero-order valence-electron chi connectivity index (χ0n) is 21.7. The van der Waals surface area contributed by atoms with Gasteiger partial charge < -0.3 is 21.1 Å². The standard InChI is InChI=1S/C29H23N5O7S/c30-24-11-5-18-13-22(42(39,40)41)15-26(36)27(18)28(24)34-32-20-8-3-17(4-9-20)16-1-6-19(7-2-16)31-33-21-10-12-25(35)23(14-21)29(37)38/h1-12,14-15,22,35-36H,13,30H2,(H,37,38)(H,39,40,41)/b33-31+,34-32+. The first-order valence-corrected chi connectivity index (χ1v) is 13.9. The second-order valence-electron chi connectivity index (χ2n) is 9.35. The van der Waals surface area contributed by atoms with E-state index in [0.29, 0.717) is 16.9 Å². The summed E-state index contributed by atoms with van der Waals surface area (Å²) in [5, 5.41) is 44.6. The van der Waals surface area contributed by atoms with Gasteiger partial charge in [-0.1, -0.05) is 30.3 Å². The first-order valence-electron chi connectivity index (χ1n) is 12.4. The zero-order chi connectivity index (χ0) is 30.0. The molecule has 0 aliphatic heterocycles. The van der Waals surface area contributed by atoms with Gasteiger partial charge in [0.25, 0.3) is 10.1 Å². The summed E-state index contributed by atoms with van der Waals surface area (Å²) in [5.41, 5.74) is 10.1. The highest BCUT2D eigenvalue weighted by atomic mass is 32.2. The van der Waals surface area contributed by atoms with Crippen molar-refractivity contribution in [2.24, 2.45) is 20.5 Å². The Morgan fingerprint density at radius 1 is 0.786 bits per heavy atom. The number of aliphatic hydroxyl groups excluding tert-OH is 1. The van der Waals surface area contributed by atoms with Crippen LogP contribution in [0, 0.1) is 0 Å². The maximum Gasteiger partial charge on any atom is 0.339 e. The summed E-state index contributed by atoms with van der Waals surface area (Å²) in [4.78, 5) is 11.2. The summed E-state index contributed by atoms with van der Waals surface area (Å²) in [6.45, 7) is 0. The maximum absolute atomic E-state index is 11.6. The molecule has 0 aromatic heterocycles. The van der Waals surface area contributed by atoms with Crippen LogP contribution in [0.3, 0.4) is 0 Å². The number of aliphatic hydroxyl groups is 1. The van der Waals surface area contributed by atoms with Gasteiger partial charge >= 0.3 is 5.97 Å². The fourth-order valence-corrected chi connectivity index (χ4v) is 5.05. The lowest BCUT2D eigenvalue weighted by atomic mass is 9.93. The number of carboxylic acids is 1. The molecule has 0 bridgehead atoms. The van der Waals surface area contributed by atoms with Crippen LogP contribution < -0.4 is 5.73 Å². The van der Waals surface area contributed by atoms with E-state index in [0.717, 1.165) is 17.2 Å². The lowest BCUT2D eigenvalue weighted by Crippen LogP contribution is -2.24. The molecule has 0 saturated carbocycles. The van der Waals surface area contributed by atoms with E-state index in [1.165, 1.54) is 24.3 Å². The Kier molecular flexibility index (Phi) is 7.53. The number of benzene rings is 4. The summed E-state index contributed by atoms with van der Waals surface area (Å²) < 4.78 is 32.5. The van der Waals surface area contributed by atoms with Gasteiger partial charge in [-0.05, 0) is 77.7 Å². The molecule has 13 heteroatoms. The highest BCUT2D eigenvalue weighted by Crippen LogP contribution is 2.39. The smallest absolute Gasteiger partial charge is 0.339 e. The molecule has 4 aromatic carbocycles. The highest BCUT2D eigenvalue weighted by molar-refractivity contribution is 7.86. The average Bonchev–Trinajstić information content (AvgIpc) is 2.96. The van der Waals surface area contributed by atoms with Crippen molar-refractivity contribution >= 4 is 50.3 Å². The van der Waals surface area contributed by atoms with E-state index in [2.05, 4.69) is 20.5 Å². The third-order valence-electron chi connectivity index (χ3n) is 6.52. The minimum Gasteiger partial charge on any atom is -0.508 e. The minimum atomic E-state index is -4.39. The van der Waals surface area contributed by atoms with Gasteiger partial charge in [0.15, 0.2) is 0 Å². The Bertz CT molecular complexity index is 1890. The van der Waals surface area contributed by atoms with Gasteiger partial charge in [-0.15, -0.1) is 5.11 Å². The van der Waals surface area contributed by atoms with Gasteiger partial charge in [-0.25, -0.2) is 4.79 Å². The van der Waals surface area contributed by atoms with Gasteiger partial charge in [-0.2, -0.15) is 23.8 Å². The fourth-order valence-electron chi connectivity index (χ4n) is 4.36. The molecular formula is C29H23N5O7S. The molecule has 0 fully saturated rings. The molecule has 5 rings (SSSR count). The van der Waals surface area contributed by atoms with Crippen molar-refractivity contribution < 1.29 is 33.1 Å². The molecule has 0 spiro atoms. The maximum atomic E-state index is 11.6. The van der Waals surface area contributed by atoms with E-state index >= 15 is 0 Å². The van der Waals surface area contributed by atoms with E-state index < -0.39 is 21.3 Å². The first-order chi connectivity index (χ1) is 20.0. The number of azo groups is 2. The van der Waals surface area contributed by atoms with Crippen LogP contribution in [0.4, 0.5) is 28.4 Å². The number of aromatic carboxylic acids is 1. The summed E-state index contributed by atoms with van der Waals surface area (Å²) in [5.74, 6) is -1.97. The van der Waals surface area contributed by atoms with Crippen molar-refractivity contribution in [3.63, 3.8) is 0 Å². The van der Waals surface area contributed by atoms with E-state index in [4.69, 9.17) is 10.8 Å². The number of nitrogen functional groups attached to an aromatic ring is 1. The zero-order valence-corrected chi connectivity index (χ0v) is 22.5. The second kappa shape index (κ2) is 11.2. The number of hydrogen-bond donors (Lipinski definition) is 5. The quantitative estimate of drug-likeness (QED) is 0.0874. The Balaban J connectivity index is 1.31. The first kappa shape index (κ1) is 28.1. The monoisotopic (exact) mass is 585 g/mol. The summed E-state index contributed by atoms with van der Waals surface area (Å²) >= 11 is 0. The van der Waals surface area contributed by atoms with Crippen LogP contribution in [0.1, 0.15) is 21.5 Å². The molecule has 1 unspecified atom stereocenters. The van der Waals surface area contributed by atoms with Crippen molar-refractivity contribution in [2.45, 2.75) is 11.7 Å². The molecule has 212 valence electrons. The number of carbonyl (C=O) groups is 1. The number of fused-ring (bicyclic) bond motifs is 1. The Labute approximate surface area is 239 Å². The molecule has 6 N–H and O–H groups in total. The number of nitrogens with zero attached hydrogens (tertiary/aromatic N) is 4. The van der Waals surface area contributed by atoms with Crippen LogP contribution in [0.2, 0.25) is 0 Å². The molecule has 0 saturated heterocycles. The van der Waals surface area contributed by atoms with E-state index in [1.807, 2.05) is 24.3 Å². The van der Waals surface area contributed by atoms with Crippen molar-refractivity contribution in [1.82, 2.24) is 0 Å². The predicted octanol–water partition coefficient (Wildman–Crippen LogP) is 6.88. The van der Waals surface area contributed by atoms with Crippen molar-refractivity contribution in [3.8, 4) is 16.9 Å². The van der Waals surface area contributed by atoms with Gasteiger partial charge in [0.05, 0.1) is 22.7 Å². The number of hydrogen-bond acceptors (Lipinski definition) is 10. The Morgan fingerprint density at radius 3 is 1.90 bits per heavy atom. The molecule has 0 radical (unpaired) electrons. The van der Waals surface area contributed by atoms with Crippen LogP contribution >= 0.6 is 0 Å². The molecule has 1 aliphatic carbocycles. The number of nitrogens with two attached hydrogens (primary N) is 1. The molecule has 1 aliphatic rings. The second-order valence-corrected chi connectivity index (χ2v) is 11.0. The molecule has 0 heterocycles. The number of anilines is 1. The van der Waals surface area contributed by atoms with Crippen LogP contribution in [0.25, 0.3) is 16.9 Å². The van der Waals surface area contributed by atoms with Crippen molar-refractivity contribution in [1.29, 1.82) is 0 Å². The van der Waals surface area contributed by atoms with Crippen molar-refractivity contribution in [2.75, 3.05) is 5.73 Å². The molecule has 1 atom stereocenters. The normalized spacial score (nSPS) is 15.1. The van der Waals surface area contributed by atoms with Crippen LogP contribution in [0.15, 0.2) is 105 Å². The number of carboxylic acid groups (broad SMARTS) is 1. The average molecular weight is 586 g/mol. The lowest BCUT2D eigenvalue weighted by Gasteiger charge is -2.21. The van der Waals surface area contributed by atoms with E-state index in [9.17, 15) is 28.0 Å². The summed E-state index contributed by atoms with van der Waals surface area (Å²) in [7, 11) is -4.39. The summed E-state index contributed by atoms with van der Waals surface area (Å²) in [6.07, 6.45) is 1.01. The summed E-state index contributed by atoms with van der Waals surface area (Å²) in [6, 6.07) is 21.4. The number of phenols is 1. The Morgan fingerprint density at radius 2 is 1.33 bits per heavy atom. The molecular weight excluding hydrogens is 562 g/mol. The SMILES string of the molecule is Nc1ccc2c(c1/N=N/c1ccc(-c3ccc(/N=N/c4ccc(O)c(C(=O)O)c4)cc3)cc1)C(O)=CC(S(=O)(=O)O)C2. The van der Waals surface area contributed by atoms with Crippen LogP contribution in [0.5, 0.6) is 5.75 Å². The third-order valence-corrected chi connectivity index (χ3v) is 7.59. The highest BCUT2D eigenvalue weighted by Gasteiger charge is 2.30. The molecule has 42 heavy (non-hydrogen) atoms. The van der Waals surface area contributed by atoms with Gasteiger partial charge in [0.2, 0.25) is 0 Å². The molecule has 4 aromatic rings. The van der Waals surface area contributed by atoms with Gasteiger partial charge in [-0.3, -0.25) is 4.55 Å². The van der Waals surface area contributed by atoms with Gasteiger partial charge in [0, 0.05) is 5.56 Å².